The van der Waals surface area contributed by atoms with Crippen LogP contribution in [0.4, 0.5) is 0 Å². The largest absolute Gasteiger partial charge is 0.477 e. The van der Waals surface area contributed by atoms with E-state index >= 15 is 0 Å². The van der Waals surface area contributed by atoms with E-state index in [0.29, 0.717) is 5.13 Å². The zero-order valence-electron chi connectivity index (χ0n) is 8.95. The number of hydrogen-bond donors (Lipinski definition) is 2. The molecule has 0 saturated heterocycles. The lowest BCUT2D eigenvalue weighted by Gasteiger charge is -1.93. The highest BCUT2D eigenvalue weighted by molar-refractivity contribution is 7.20. The van der Waals surface area contributed by atoms with Gasteiger partial charge in [0.2, 0.25) is 5.13 Å². The number of benzene rings is 1. The van der Waals surface area contributed by atoms with Gasteiger partial charge in [0, 0.05) is 6.07 Å². The predicted molar refractivity (Wildman–Crippen MR) is 66.5 cm³/mol. The molecule has 1 aromatic carbocycles. The van der Waals surface area contributed by atoms with E-state index in [9.17, 15) is 9.59 Å². The summed E-state index contributed by atoms with van der Waals surface area (Å²) in [7, 11) is 0. The molecule has 0 saturated carbocycles. The first-order chi connectivity index (χ1) is 8.65. The quantitative estimate of drug-likeness (QED) is 0.731. The van der Waals surface area contributed by atoms with Gasteiger partial charge in [-0.15, -0.1) is 0 Å². The summed E-state index contributed by atoms with van der Waals surface area (Å²) in [6.07, 6.45) is 0. The van der Waals surface area contributed by atoms with Crippen LogP contribution in [0, 0.1) is 0 Å². The van der Waals surface area contributed by atoms with Gasteiger partial charge in [-0.05, 0) is 12.1 Å². The Labute approximate surface area is 104 Å². The third-order valence-corrected chi connectivity index (χ3v) is 3.45. The molecule has 3 rings (SSSR count). The van der Waals surface area contributed by atoms with Crippen LogP contribution in [0.25, 0.3) is 15.3 Å². The van der Waals surface area contributed by atoms with Crippen molar-refractivity contribution >= 4 is 27.5 Å². The molecular weight excluding hydrogens is 254 g/mol. The van der Waals surface area contributed by atoms with E-state index in [2.05, 4.69) is 10.1 Å². The topological polar surface area (TPSA) is 88.0 Å². The summed E-state index contributed by atoms with van der Waals surface area (Å²) < 4.78 is 2.07. The molecule has 7 heteroatoms. The van der Waals surface area contributed by atoms with E-state index in [1.54, 1.807) is 0 Å². The molecule has 3 aromatic rings. The molecule has 0 bridgehead atoms. The van der Waals surface area contributed by atoms with E-state index < -0.39 is 11.5 Å². The molecule has 0 amide bonds. The number of H-pyrrole nitrogens is 1. The maximum atomic E-state index is 11.7. The second kappa shape index (κ2) is 3.81. The molecule has 18 heavy (non-hydrogen) atoms. The number of aromatic carboxylic acids is 1. The van der Waals surface area contributed by atoms with Gasteiger partial charge in [0.25, 0.3) is 5.56 Å². The van der Waals surface area contributed by atoms with Gasteiger partial charge >= 0.3 is 5.97 Å². The van der Waals surface area contributed by atoms with E-state index in [-0.39, 0.29) is 5.69 Å². The third kappa shape index (κ3) is 1.61. The average molecular weight is 261 g/mol. The second-order valence-electron chi connectivity index (χ2n) is 3.61. The summed E-state index contributed by atoms with van der Waals surface area (Å²) in [6.45, 7) is 0. The van der Waals surface area contributed by atoms with Crippen molar-refractivity contribution in [2.24, 2.45) is 0 Å². The van der Waals surface area contributed by atoms with Crippen LogP contribution < -0.4 is 5.56 Å². The first-order valence-electron chi connectivity index (χ1n) is 5.06. The minimum absolute atomic E-state index is 0.153. The number of nitrogens with one attached hydrogen (secondary N) is 1. The van der Waals surface area contributed by atoms with Crippen LogP contribution in [-0.2, 0) is 0 Å². The van der Waals surface area contributed by atoms with Crippen LogP contribution in [-0.4, -0.2) is 25.8 Å². The Balaban J connectivity index is 2.19. The molecule has 0 radical (unpaired) electrons. The number of rotatable bonds is 2. The summed E-state index contributed by atoms with van der Waals surface area (Å²) in [5.74, 6) is -1.17. The fourth-order valence-electron chi connectivity index (χ4n) is 1.60. The number of para-hydroxylation sites is 1. The lowest BCUT2D eigenvalue weighted by molar-refractivity contribution is 0.0690. The number of carbonyl (C=O) groups is 1. The summed E-state index contributed by atoms with van der Waals surface area (Å²) in [6, 6.07) is 8.49. The molecule has 0 unspecified atom stereocenters. The van der Waals surface area contributed by atoms with Gasteiger partial charge in [-0.1, -0.05) is 23.5 Å². The molecule has 0 spiro atoms. The van der Waals surface area contributed by atoms with Crippen LogP contribution >= 0.6 is 11.3 Å². The summed E-state index contributed by atoms with van der Waals surface area (Å²) in [5.41, 5.74) is 0.182. The monoisotopic (exact) mass is 261 g/mol. The lowest BCUT2D eigenvalue weighted by Crippen LogP contribution is -2.12. The zero-order chi connectivity index (χ0) is 12.7. The van der Waals surface area contributed by atoms with Crippen LogP contribution in [0.15, 0.2) is 35.1 Å². The molecule has 0 fully saturated rings. The summed E-state index contributed by atoms with van der Waals surface area (Å²) in [4.78, 5) is 26.7. The van der Waals surface area contributed by atoms with E-state index in [1.165, 1.54) is 11.3 Å². The van der Waals surface area contributed by atoms with Gasteiger partial charge in [-0.2, -0.15) is 4.68 Å². The number of aromatic nitrogens is 3. The Morgan fingerprint density at radius 2 is 2.17 bits per heavy atom. The Kier molecular flexibility index (Phi) is 2.27. The molecule has 0 aliphatic carbocycles. The number of carboxylic acid groups (broad SMARTS) is 1. The van der Waals surface area contributed by atoms with Crippen molar-refractivity contribution in [2.45, 2.75) is 0 Å². The highest BCUT2D eigenvalue weighted by Crippen LogP contribution is 2.23. The fraction of sp³-hybridized carbons (Fsp3) is 0. The average Bonchev–Trinajstić information content (AvgIpc) is 2.91. The van der Waals surface area contributed by atoms with Crippen molar-refractivity contribution in [3.63, 3.8) is 0 Å². The Morgan fingerprint density at radius 1 is 1.39 bits per heavy atom. The van der Waals surface area contributed by atoms with Crippen LogP contribution in [0.5, 0.6) is 0 Å². The van der Waals surface area contributed by atoms with Gasteiger partial charge in [0.05, 0.1) is 10.2 Å². The van der Waals surface area contributed by atoms with Crippen molar-refractivity contribution < 1.29 is 9.90 Å². The molecule has 2 N–H and O–H groups in total. The van der Waals surface area contributed by atoms with E-state index in [0.717, 1.165) is 21.0 Å². The van der Waals surface area contributed by atoms with E-state index in [4.69, 9.17) is 5.11 Å². The minimum atomic E-state index is -1.17. The van der Waals surface area contributed by atoms with Gasteiger partial charge in [-0.25, -0.2) is 9.78 Å². The highest BCUT2D eigenvalue weighted by Gasteiger charge is 2.13. The molecular formula is C11H7N3O3S. The standard InChI is InChI=1S/C11H7N3O3S/c15-9-5-7(10(16)17)13-14(9)11-12-6-3-1-2-4-8(6)18-11/h1-5,13H,(H,16,17). The van der Waals surface area contributed by atoms with Crippen LogP contribution in [0.1, 0.15) is 10.5 Å². The Morgan fingerprint density at radius 3 is 2.83 bits per heavy atom. The van der Waals surface area contributed by atoms with Gasteiger partial charge < -0.3 is 5.11 Å². The highest BCUT2D eigenvalue weighted by atomic mass is 32.1. The number of hydrogen-bond acceptors (Lipinski definition) is 4. The van der Waals surface area contributed by atoms with Crippen molar-refractivity contribution in [1.82, 2.24) is 14.8 Å². The molecule has 90 valence electrons. The SMILES string of the molecule is O=C(O)c1cc(=O)n(-c2nc3ccccc3s2)[nH]1. The molecule has 2 heterocycles. The summed E-state index contributed by atoms with van der Waals surface area (Å²) in [5, 5.41) is 11.7. The predicted octanol–water partition coefficient (Wildman–Crippen LogP) is 1.47. The maximum absolute atomic E-state index is 11.7. The Hall–Kier alpha value is -2.41. The van der Waals surface area contributed by atoms with Gasteiger partial charge in [0.15, 0.2) is 0 Å². The van der Waals surface area contributed by atoms with Crippen molar-refractivity contribution in [1.29, 1.82) is 0 Å². The molecule has 2 aromatic heterocycles. The summed E-state index contributed by atoms with van der Waals surface area (Å²) >= 11 is 1.32. The Bertz CT molecular complexity index is 766. The minimum Gasteiger partial charge on any atom is -0.477 e. The van der Waals surface area contributed by atoms with Gasteiger partial charge in [-0.3, -0.25) is 9.89 Å². The lowest BCUT2D eigenvalue weighted by atomic mass is 10.3. The van der Waals surface area contributed by atoms with E-state index in [1.807, 2.05) is 24.3 Å². The fourth-order valence-corrected chi connectivity index (χ4v) is 2.54. The smallest absolute Gasteiger partial charge is 0.353 e. The molecule has 0 atom stereocenters. The van der Waals surface area contributed by atoms with Crippen molar-refractivity contribution in [3.8, 4) is 5.13 Å². The maximum Gasteiger partial charge on any atom is 0.353 e. The molecule has 6 nitrogen and oxygen atoms in total. The number of thiazole rings is 1. The number of nitrogens with zero attached hydrogens (tertiary/aromatic N) is 2. The third-order valence-electron chi connectivity index (χ3n) is 2.42. The number of fused-ring (bicyclic) bond motifs is 1. The second-order valence-corrected chi connectivity index (χ2v) is 4.62. The molecule has 0 aliphatic heterocycles. The number of carboxylic acids is 1. The van der Waals surface area contributed by atoms with Gasteiger partial charge in [0.1, 0.15) is 5.69 Å². The zero-order valence-corrected chi connectivity index (χ0v) is 9.77. The van der Waals surface area contributed by atoms with Crippen LogP contribution in [0.2, 0.25) is 0 Å². The van der Waals surface area contributed by atoms with Crippen molar-refractivity contribution in [2.75, 3.05) is 0 Å². The van der Waals surface area contributed by atoms with Crippen molar-refractivity contribution in [3.05, 3.63) is 46.4 Å². The molecule has 0 aliphatic rings. The van der Waals surface area contributed by atoms with Crippen LogP contribution in [0.3, 0.4) is 0 Å². The first-order valence-corrected chi connectivity index (χ1v) is 5.88. The number of aromatic amines is 1. The normalized spacial score (nSPS) is 10.9. The first kappa shape index (κ1) is 10.7.